The summed E-state index contributed by atoms with van der Waals surface area (Å²) in [6, 6.07) is 22.1. The van der Waals surface area contributed by atoms with Gasteiger partial charge in [-0.15, -0.1) is 0 Å². The summed E-state index contributed by atoms with van der Waals surface area (Å²) in [5.41, 5.74) is 1.35. The van der Waals surface area contributed by atoms with Crippen molar-refractivity contribution in [3.63, 3.8) is 0 Å². The van der Waals surface area contributed by atoms with Crippen molar-refractivity contribution < 1.29 is 18.7 Å². The number of ether oxygens (including phenoxy) is 1. The van der Waals surface area contributed by atoms with Crippen LogP contribution < -0.4 is 15.4 Å². The van der Waals surface area contributed by atoms with Crippen LogP contribution >= 0.6 is 0 Å². The average Bonchev–Trinajstić information content (AvgIpc) is 2.74. The number of hydrogen-bond acceptors (Lipinski definition) is 3. The smallest absolute Gasteiger partial charge is 0.265 e. The molecular weight excluding hydrogens is 371 g/mol. The van der Waals surface area contributed by atoms with Crippen LogP contribution in [0.15, 0.2) is 78.9 Å². The van der Waals surface area contributed by atoms with E-state index in [0.29, 0.717) is 12.1 Å². The summed E-state index contributed by atoms with van der Waals surface area (Å²) in [6.07, 6.45) is -0.933. The molecule has 0 unspecified atom stereocenters. The Balaban J connectivity index is 1.65. The van der Waals surface area contributed by atoms with E-state index in [-0.39, 0.29) is 17.3 Å². The second-order valence-electron chi connectivity index (χ2n) is 6.39. The fourth-order valence-electron chi connectivity index (χ4n) is 2.67. The third-order valence-electron chi connectivity index (χ3n) is 4.23. The summed E-state index contributed by atoms with van der Waals surface area (Å²) in [7, 11) is 0. The van der Waals surface area contributed by atoms with Crippen LogP contribution in [-0.2, 0) is 11.3 Å². The highest BCUT2D eigenvalue weighted by atomic mass is 19.1. The number of halogens is 1. The maximum absolute atomic E-state index is 13.7. The van der Waals surface area contributed by atoms with Gasteiger partial charge >= 0.3 is 0 Å². The molecule has 2 N–H and O–H groups in total. The number of amides is 2. The van der Waals surface area contributed by atoms with Gasteiger partial charge in [-0.25, -0.2) is 4.39 Å². The summed E-state index contributed by atoms with van der Waals surface area (Å²) in [4.78, 5) is 24.9. The molecule has 1 atom stereocenters. The Morgan fingerprint density at radius 2 is 1.59 bits per heavy atom. The summed E-state index contributed by atoms with van der Waals surface area (Å²) in [5.74, 6) is -1.09. The first kappa shape index (κ1) is 20.1. The van der Waals surface area contributed by atoms with Crippen LogP contribution in [-0.4, -0.2) is 17.9 Å². The van der Waals surface area contributed by atoms with Crippen LogP contribution in [0.3, 0.4) is 0 Å². The molecule has 3 aromatic carbocycles. The Morgan fingerprint density at radius 3 is 2.34 bits per heavy atom. The maximum atomic E-state index is 13.7. The molecular formula is C23H21FN2O3. The Hall–Kier alpha value is -3.67. The molecule has 0 heterocycles. The van der Waals surface area contributed by atoms with E-state index < -0.39 is 17.8 Å². The Labute approximate surface area is 168 Å². The third-order valence-corrected chi connectivity index (χ3v) is 4.23. The normalized spacial score (nSPS) is 11.4. The number of carbonyl (C=O) groups is 2. The molecule has 0 bridgehead atoms. The lowest BCUT2D eigenvalue weighted by Crippen LogP contribution is -2.31. The van der Waals surface area contributed by atoms with Crippen molar-refractivity contribution in [3.8, 4) is 5.75 Å². The van der Waals surface area contributed by atoms with Crippen molar-refractivity contribution in [3.05, 3.63) is 95.8 Å². The quantitative estimate of drug-likeness (QED) is 0.634. The number of nitrogens with one attached hydrogen (secondary N) is 2. The minimum absolute atomic E-state index is 0.0711. The van der Waals surface area contributed by atoms with Gasteiger partial charge in [0.05, 0.1) is 11.3 Å². The first-order valence-electron chi connectivity index (χ1n) is 9.18. The highest BCUT2D eigenvalue weighted by molar-refractivity contribution is 5.97. The predicted octanol–water partition coefficient (Wildman–Crippen LogP) is 4.16. The molecule has 0 aliphatic carbocycles. The van der Waals surface area contributed by atoms with Gasteiger partial charge in [-0.05, 0) is 36.8 Å². The van der Waals surface area contributed by atoms with Gasteiger partial charge in [-0.1, -0.05) is 54.6 Å². The number of benzene rings is 3. The molecule has 0 aliphatic heterocycles. The Morgan fingerprint density at radius 1 is 0.931 bits per heavy atom. The van der Waals surface area contributed by atoms with E-state index in [1.54, 1.807) is 30.3 Å². The summed E-state index contributed by atoms with van der Waals surface area (Å²) >= 11 is 0. The van der Waals surface area contributed by atoms with Gasteiger partial charge in [-0.2, -0.15) is 0 Å². The van der Waals surface area contributed by atoms with Crippen molar-refractivity contribution in [1.82, 2.24) is 5.32 Å². The zero-order valence-corrected chi connectivity index (χ0v) is 15.9. The second kappa shape index (κ2) is 9.50. The van der Waals surface area contributed by atoms with Crippen LogP contribution in [0.1, 0.15) is 22.8 Å². The summed E-state index contributed by atoms with van der Waals surface area (Å²) < 4.78 is 19.4. The van der Waals surface area contributed by atoms with E-state index >= 15 is 0 Å². The maximum Gasteiger partial charge on any atom is 0.265 e. The Kier molecular flexibility index (Phi) is 6.58. The third kappa shape index (κ3) is 5.42. The minimum Gasteiger partial charge on any atom is -0.480 e. The van der Waals surface area contributed by atoms with Crippen LogP contribution in [0.4, 0.5) is 10.1 Å². The topological polar surface area (TPSA) is 67.4 Å². The molecule has 0 spiro atoms. The van der Waals surface area contributed by atoms with Crippen LogP contribution in [0.2, 0.25) is 0 Å². The molecule has 3 rings (SSSR count). The van der Waals surface area contributed by atoms with Crippen LogP contribution in [0, 0.1) is 5.82 Å². The molecule has 0 saturated heterocycles. The van der Waals surface area contributed by atoms with Gasteiger partial charge in [0.1, 0.15) is 11.6 Å². The summed E-state index contributed by atoms with van der Waals surface area (Å²) in [5, 5.41) is 5.32. The number of para-hydroxylation sites is 2. The van der Waals surface area contributed by atoms with Gasteiger partial charge < -0.3 is 15.4 Å². The van der Waals surface area contributed by atoms with Crippen molar-refractivity contribution in [2.24, 2.45) is 0 Å². The molecule has 0 fully saturated rings. The molecule has 5 nitrogen and oxygen atoms in total. The fourth-order valence-corrected chi connectivity index (χ4v) is 2.67. The number of carbonyl (C=O) groups excluding carboxylic acids is 2. The molecule has 29 heavy (non-hydrogen) atoms. The molecule has 0 radical (unpaired) electrons. The minimum atomic E-state index is -0.933. The Bertz CT molecular complexity index is 992. The summed E-state index contributed by atoms with van der Waals surface area (Å²) in [6.45, 7) is 1.91. The second-order valence-corrected chi connectivity index (χ2v) is 6.39. The lowest BCUT2D eigenvalue weighted by molar-refractivity contribution is -0.122. The first-order valence-corrected chi connectivity index (χ1v) is 9.18. The van der Waals surface area contributed by atoms with E-state index in [1.165, 1.54) is 25.1 Å². The van der Waals surface area contributed by atoms with Crippen molar-refractivity contribution in [1.29, 1.82) is 0 Å². The van der Waals surface area contributed by atoms with Gasteiger partial charge in [0.2, 0.25) is 0 Å². The van der Waals surface area contributed by atoms with Crippen molar-refractivity contribution in [2.45, 2.75) is 19.6 Å². The van der Waals surface area contributed by atoms with Gasteiger partial charge in [0, 0.05) is 6.54 Å². The van der Waals surface area contributed by atoms with Crippen LogP contribution in [0.5, 0.6) is 5.75 Å². The predicted molar refractivity (Wildman–Crippen MR) is 109 cm³/mol. The molecule has 6 heteroatoms. The molecule has 148 valence electrons. The number of anilines is 1. The van der Waals surface area contributed by atoms with E-state index in [4.69, 9.17) is 4.74 Å². The van der Waals surface area contributed by atoms with Gasteiger partial charge in [0.25, 0.3) is 11.8 Å². The number of rotatable bonds is 7. The molecule has 3 aromatic rings. The fraction of sp³-hybridized carbons (Fsp3) is 0.130. The zero-order chi connectivity index (χ0) is 20.6. The highest BCUT2D eigenvalue weighted by Crippen LogP contribution is 2.20. The monoisotopic (exact) mass is 392 g/mol. The lowest BCUT2D eigenvalue weighted by Gasteiger charge is -2.17. The zero-order valence-electron chi connectivity index (χ0n) is 15.9. The van der Waals surface area contributed by atoms with Gasteiger partial charge in [0.15, 0.2) is 6.10 Å². The number of hydrogen-bond donors (Lipinski definition) is 2. The largest absolute Gasteiger partial charge is 0.480 e. The molecule has 0 aliphatic rings. The van der Waals surface area contributed by atoms with E-state index in [2.05, 4.69) is 10.6 Å². The molecule has 0 saturated carbocycles. The molecule has 2 amide bonds. The average molecular weight is 392 g/mol. The van der Waals surface area contributed by atoms with Gasteiger partial charge in [-0.3, -0.25) is 9.59 Å². The van der Waals surface area contributed by atoms with Crippen molar-refractivity contribution in [2.75, 3.05) is 5.32 Å². The van der Waals surface area contributed by atoms with Crippen LogP contribution in [0.25, 0.3) is 0 Å². The van der Waals surface area contributed by atoms with E-state index in [1.807, 2.05) is 30.3 Å². The van der Waals surface area contributed by atoms with E-state index in [9.17, 15) is 14.0 Å². The lowest BCUT2D eigenvalue weighted by atomic mass is 10.1. The molecule has 0 aromatic heterocycles. The standard InChI is InChI=1S/C23H21FN2O3/c1-16(22(27)26-20-13-7-6-12-19(20)24)29-21-14-8-5-11-18(21)23(28)25-15-17-9-3-2-4-10-17/h2-14,16H,15H2,1H3,(H,25,28)(H,26,27)/t16-/m1/s1. The van der Waals surface area contributed by atoms with E-state index in [0.717, 1.165) is 5.56 Å². The van der Waals surface area contributed by atoms with Crippen molar-refractivity contribution >= 4 is 17.5 Å². The SMILES string of the molecule is C[C@@H](Oc1ccccc1C(=O)NCc1ccccc1)C(=O)Nc1ccccc1F. The highest BCUT2D eigenvalue weighted by Gasteiger charge is 2.19. The first-order chi connectivity index (χ1) is 14.0.